The van der Waals surface area contributed by atoms with Crippen molar-refractivity contribution in [1.82, 2.24) is 5.32 Å². The molecule has 1 aromatic carbocycles. The third-order valence-electron chi connectivity index (χ3n) is 4.43. The highest BCUT2D eigenvalue weighted by atomic mass is 32.2. The standard InChI is InChI=1S/C18H25F2N3O4S/c1-16(2,3)27-15(24)22-14-17(4,5)28(25,26)9-18(6,23-14)11-7-10(21)8-12(19)13(11)20/h7-8H,9,21H2,1-6H3,(H,22,23,24)/t18-/m1/s1. The van der Waals surface area contributed by atoms with E-state index in [2.05, 4.69) is 10.3 Å². The van der Waals surface area contributed by atoms with Crippen molar-refractivity contribution in [2.75, 3.05) is 11.5 Å². The monoisotopic (exact) mass is 417 g/mol. The van der Waals surface area contributed by atoms with Gasteiger partial charge in [0.05, 0.1) is 5.75 Å². The Morgan fingerprint density at radius 1 is 1.25 bits per heavy atom. The van der Waals surface area contributed by atoms with Crippen LogP contribution in [0.4, 0.5) is 19.3 Å². The number of anilines is 1. The summed E-state index contributed by atoms with van der Waals surface area (Å²) in [5.74, 6) is -3.27. The molecule has 0 spiro atoms. The Kier molecular flexibility index (Phi) is 5.26. The van der Waals surface area contributed by atoms with Crippen LogP contribution in [0.3, 0.4) is 0 Å². The van der Waals surface area contributed by atoms with E-state index in [0.717, 1.165) is 12.1 Å². The van der Waals surface area contributed by atoms with Gasteiger partial charge in [0.15, 0.2) is 21.5 Å². The molecule has 1 aromatic rings. The molecule has 1 aliphatic rings. The highest BCUT2D eigenvalue weighted by Gasteiger charge is 2.51. The molecule has 0 saturated carbocycles. The van der Waals surface area contributed by atoms with Crippen molar-refractivity contribution in [3.05, 3.63) is 29.3 Å². The quantitative estimate of drug-likeness (QED) is 0.683. The van der Waals surface area contributed by atoms with Crippen LogP contribution in [0.15, 0.2) is 17.1 Å². The van der Waals surface area contributed by atoms with E-state index in [4.69, 9.17) is 10.5 Å². The number of hydrogen-bond donors (Lipinski definition) is 2. The van der Waals surface area contributed by atoms with Crippen LogP contribution in [0.1, 0.15) is 47.1 Å². The maximum Gasteiger partial charge on any atom is 0.413 e. The van der Waals surface area contributed by atoms with Gasteiger partial charge in [-0.1, -0.05) is 0 Å². The number of carbonyl (C=O) groups excluding carboxylic acids is 1. The molecular formula is C18H25F2N3O4S. The average molecular weight is 417 g/mol. The number of ether oxygens (including phenoxy) is 1. The fraction of sp³-hybridized carbons (Fsp3) is 0.556. The Morgan fingerprint density at radius 3 is 2.36 bits per heavy atom. The zero-order valence-corrected chi connectivity index (χ0v) is 17.5. The van der Waals surface area contributed by atoms with Crippen molar-refractivity contribution in [1.29, 1.82) is 0 Å². The summed E-state index contributed by atoms with van der Waals surface area (Å²) in [5.41, 5.74) is 2.70. The normalized spacial score (nSPS) is 23.6. The van der Waals surface area contributed by atoms with Gasteiger partial charge in [-0.25, -0.2) is 22.0 Å². The predicted molar refractivity (Wildman–Crippen MR) is 103 cm³/mol. The van der Waals surface area contributed by atoms with Crippen LogP contribution < -0.4 is 11.1 Å². The van der Waals surface area contributed by atoms with E-state index in [9.17, 15) is 22.0 Å². The van der Waals surface area contributed by atoms with Crippen molar-refractivity contribution in [3.8, 4) is 0 Å². The first-order valence-electron chi connectivity index (χ1n) is 8.56. The minimum Gasteiger partial charge on any atom is -0.444 e. The average Bonchev–Trinajstić information content (AvgIpc) is 2.46. The topological polar surface area (TPSA) is 111 Å². The number of nitrogens with zero attached hydrogens (tertiary/aromatic N) is 1. The smallest absolute Gasteiger partial charge is 0.413 e. The number of nitrogens with two attached hydrogens (primary N) is 1. The van der Waals surface area contributed by atoms with Crippen LogP contribution in [0.2, 0.25) is 0 Å². The first-order chi connectivity index (χ1) is 12.5. The molecule has 2 rings (SSSR count). The van der Waals surface area contributed by atoms with Crippen molar-refractivity contribution < 1.29 is 26.7 Å². The zero-order chi connectivity index (χ0) is 21.7. The highest BCUT2D eigenvalue weighted by molar-refractivity contribution is 7.93. The molecule has 0 aliphatic carbocycles. The number of aliphatic imine (C=N–C) groups is 1. The van der Waals surface area contributed by atoms with Gasteiger partial charge in [0.2, 0.25) is 0 Å². The molecule has 1 atom stereocenters. The Hall–Kier alpha value is -2.23. The number of rotatable bonds is 1. The fourth-order valence-electron chi connectivity index (χ4n) is 2.83. The van der Waals surface area contributed by atoms with E-state index in [0.29, 0.717) is 0 Å². The largest absolute Gasteiger partial charge is 0.444 e. The van der Waals surface area contributed by atoms with E-state index in [-0.39, 0.29) is 17.1 Å². The maximum atomic E-state index is 14.5. The summed E-state index contributed by atoms with van der Waals surface area (Å²) in [6.45, 7) is 9.02. The van der Waals surface area contributed by atoms with E-state index in [1.54, 1.807) is 20.8 Å². The number of benzene rings is 1. The lowest BCUT2D eigenvalue weighted by Gasteiger charge is -2.39. The molecule has 0 radical (unpaired) electrons. The minimum atomic E-state index is -3.93. The van der Waals surface area contributed by atoms with E-state index in [1.165, 1.54) is 20.8 Å². The lowest BCUT2D eigenvalue weighted by atomic mass is 9.92. The van der Waals surface area contributed by atoms with E-state index < -0.39 is 49.2 Å². The number of alkyl carbamates (subject to hydrolysis) is 1. The van der Waals surface area contributed by atoms with Crippen LogP contribution in [-0.4, -0.2) is 36.4 Å². The summed E-state index contributed by atoms with van der Waals surface area (Å²) in [5, 5.41) is 2.36. The predicted octanol–water partition coefficient (Wildman–Crippen LogP) is 2.89. The van der Waals surface area contributed by atoms with Gasteiger partial charge >= 0.3 is 6.09 Å². The number of nitrogen functional groups attached to an aromatic ring is 1. The number of hydrogen-bond acceptors (Lipinski definition) is 6. The van der Waals surface area contributed by atoms with Gasteiger partial charge in [-0.05, 0) is 53.7 Å². The fourth-order valence-corrected chi connectivity index (χ4v) is 4.54. The molecule has 10 heteroatoms. The Morgan fingerprint density at radius 2 is 1.82 bits per heavy atom. The number of halogens is 2. The molecule has 0 saturated heterocycles. The third kappa shape index (κ3) is 4.11. The lowest BCUT2D eigenvalue weighted by molar-refractivity contribution is 0.0560. The molecule has 0 bridgehead atoms. The van der Waals surface area contributed by atoms with Gasteiger partial charge in [0.1, 0.15) is 21.7 Å². The van der Waals surface area contributed by atoms with Gasteiger partial charge in [-0.2, -0.15) is 0 Å². The summed E-state index contributed by atoms with van der Waals surface area (Å²) >= 11 is 0. The Balaban J connectivity index is 2.62. The molecule has 0 aromatic heterocycles. The van der Waals surface area contributed by atoms with Crippen LogP contribution in [0.25, 0.3) is 0 Å². The van der Waals surface area contributed by atoms with E-state index >= 15 is 0 Å². The number of carbonyl (C=O) groups is 1. The van der Waals surface area contributed by atoms with Crippen molar-refractivity contribution in [3.63, 3.8) is 0 Å². The van der Waals surface area contributed by atoms with Crippen LogP contribution in [0.5, 0.6) is 0 Å². The molecule has 7 nitrogen and oxygen atoms in total. The molecular weight excluding hydrogens is 392 g/mol. The Labute approximate surface area is 163 Å². The second-order valence-electron chi connectivity index (χ2n) is 8.49. The van der Waals surface area contributed by atoms with Crippen LogP contribution >= 0.6 is 0 Å². The third-order valence-corrected chi connectivity index (χ3v) is 7.12. The van der Waals surface area contributed by atoms with Crippen LogP contribution in [0, 0.1) is 11.6 Å². The highest BCUT2D eigenvalue weighted by Crippen LogP contribution is 2.39. The summed E-state index contributed by atoms with van der Waals surface area (Å²) in [7, 11) is -3.93. The Bertz CT molecular complexity index is 952. The molecule has 1 aliphatic heterocycles. The second-order valence-corrected chi connectivity index (χ2v) is 11.0. The first-order valence-corrected chi connectivity index (χ1v) is 10.2. The number of nitrogens with one attached hydrogen (secondary N) is 1. The molecule has 28 heavy (non-hydrogen) atoms. The first kappa shape index (κ1) is 22.1. The zero-order valence-electron chi connectivity index (χ0n) is 16.7. The number of amidine groups is 1. The molecule has 0 fully saturated rings. The maximum absolute atomic E-state index is 14.5. The molecule has 1 heterocycles. The molecule has 0 unspecified atom stereocenters. The van der Waals surface area contributed by atoms with Crippen LogP contribution in [-0.2, 0) is 20.1 Å². The summed E-state index contributed by atoms with van der Waals surface area (Å²) in [6.07, 6.45) is -0.905. The van der Waals surface area contributed by atoms with Crippen molar-refractivity contribution in [2.24, 2.45) is 4.99 Å². The SMILES string of the molecule is CC(C)(C)OC(=O)NC1=N[C@@](C)(c2cc(N)cc(F)c2F)CS(=O)(=O)C1(C)C. The molecule has 156 valence electrons. The summed E-state index contributed by atoms with van der Waals surface area (Å²) < 4.78 is 57.8. The van der Waals surface area contributed by atoms with Crippen molar-refractivity contribution >= 4 is 27.5 Å². The van der Waals surface area contributed by atoms with E-state index in [1.807, 2.05) is 0 Å². The minimum absolute atomic E-state index is 0.0748. The summed E-state index contributed by atoms with van der Waals surface area (Å²) in [4.78, 5) is 16.5. The van der Waals surface area contributed by atoms with Crippen molar-refractivity contribution in [2.45, 2.75) is 57.4 Å². The molecule has 1 amide bonds. The van der Waals surface area contributed by atoms with Gasteiger partial charge < -0.3 is 10.5 Å². The summed E-state index contributed by atoms with van der Waals surface area (Å²) in [6, 6.07) is 1.94. The van der Waals surface area contributed by atoms with Gasteiger partial charge in [-0.3, -0.25) is 10.3 Å². The molecule has 3 N–H and O–H groups in total. The van der Waals surface area contributed by atoms with Gasteiger partial charge in [0.25, 0.3) is 0 Å². The lowest BCUT2D eigenvalue weighted by Crippen LogP contribution is -2.58. The van der Waals surface area contributed by atoms with Gasteiger partial charge in [-0.15, -0.1) is 0 Å². The number of sulfone groups is 1. The number of amides is 1. The second kappa shape index (κ2) is 6.68. The van der Waals surface area contributed by atoms with Gasteiger partial charge in [0, 0.05) is 11.3 Å².